The number of sulfonamides is 1. The van der Waals surface area contributed by atoms with Crippen LogP contribution < -0.4 is 5.14 Å². The minimum absolute atomic E-state index is 0.0589. The molecule has 0 spiro atoms. The predicted molar refractivity (Wildman–Crippen MR) is 75.4 cm³/mol. The van der Waals surface area contributed by atoms with Crippen LogP contribution >= 0.6 is 0 Å². The van der Waals surface area contributed by atoms with Crippen molar-refractivity contribution in [1.82, 2.24) is 0 Å². The lowest BCUT2D eigenvalue weighted by Crippen LogP contribution is -2.28. The summed E-state index contributed by atoms with van der Waals surface area (Å²) in [4.78, 5) is 0. The van der Waals surface area contributed by atoms with E-state index in [1.54, 1.807) is 7.11 Å². The average molecular weight is 293 g/mol. The van der Waals surface area contributed by atoms with E-state index in [1.165, 1.54) is 0 Å². The van der Waals surface area contributed by atoms with Crippen LogP contribution in [0, 0.1) is 5.92 Å². The van der Waals surface area contributed by atoms with Gasteiger partial charge in [-0.2, -0.15) is 0 Å². The lowest BCUT2D eigenvalue weighted by Gasteiger charge is -2.28. The minimum Gasteiger partial charge on any atom is -0.381 e. The van der Waals surface area contributed by atoms with Gasteiger partial charge in [0.15, 0.2) is 0 Å². The topological polar surface area (TPSA) is 78.6 Å². The van der Waals surface area contributed by atoms with E-state index in [9.17, 15) is 8.42 Å². The molecule has 1 aliphatic carbocycles. The Morgan fingerprint density at radius 2 is 1.95 bits per heavy atom. The van der Waals surface area contributed by atoms with E-state index in [1.807, 2.05) is 6.92 Å². The first-order chi connectivity index (χ1) is 8.90. The van der Waals surface area contributed by atoms with E-state index in [4.69, 9.17) is 14.6 Å². The normalized spacial score (nSPS) is 26.3. The molecule has 5 nitrogen and oxygen atoms in total. The van der Waals surface area contributed by atoms with Gasteiger partial charge in [-0.15, -0.1) is 0 Å². The van der Waals surface area contributed by atoms with Crippen LogP contribution in [0.3, 0.4) is 0 Å². The van der Waals surface area contributed by atoms with Crippen molar-refractivity contribution in [2.45, 2.75) is 57.7 Å². The molecule has 1 fully saturated rings. The van der Waals surface area contributed by atoms with Crippen molar-refractivity contribution in [3.05, 3.63) is 0 Å². The van der Waals surface area contributed by atoms with E-state index in [0.717, 1.165) is 32.1 Å². The van der Waals surface area contributed by atoms with Crippen LogP contribution in [-0.4, -0.2) is 40.1 Å². The number of ether oxygens (including phenoxy) is 2. The number of hydrogen-bond acceptors (Lipinski definition) is 4. The first-order valence-corrected chi connectivity index (χ1v) is 8.77. The van der Waals surface area contributed by atoms with E-state index in [-0.39, 0.29) is 5.75 Å². The smallest absolute Gasteiger partial charge is 0.209 e. The Bertz CT molecular complexity index is 345. The fourth-order valence-electron chi connectivity index (χ4n) is 2.41. The maximum Gasteiger partial charge on any atom is 0.209 e. The van der Waals surface area contributed by atoms with Crippen LogP contribution in [0.15, 0.2) is 0 Å². The minimum atomic E-state index is -3.33. The summed E-state index contributed by atoms with van der Waals surface area (Å²) in [6.07, 6.45) is 6.47. The molecule has 0 heterocycles. The highest BCUT2D eigenvalue weighted by Crippen LogP contribution is 2.23. The van der Waals surface area contributed by atoms with E-state index in [2.05, 4.69) is 0 Å². The summed E-state index contributed by atoms with van der Waals surface area (Å²) in [6, 6.07) is 0. The average Bonchev–Trinajstić information content (AvgIpc) is 2.36. The highest BCUT2D eigenvalue weighted by Gasteiger charge is 2.22. The van der Waals surface area contributed by atoms with Gasteiger partial charge < -0.3 is 9.47 Å². The van der Waals surface area contributed by atoms with Crippen LogP contribution in [0.5, 0.6) is 0 Å². The zero-order valence-corrected chi connectivity index (χ0v) is 12.8. The second-order valence-electron chi connectivity index (χ2n) is 5.57. The SMILES string of the molecule is COC1CCCC(OCCC(C)CCS(N)(=O)=O)C1. The summed E-state index contributed by atoms with van der Waals surface area (Å²) in [5, 5.41) is 4.99. The van der Waals surface area contributed by atoms with Crippen LogP contribution in [0.1, 0.15) is 45.4 Å². The maximum absolute atomic E-state index is 10.9. The molecule has 0 bridgehead atoms. The Morgan fingerprint density at radius 3 is 2.58 bits per heavy atom. The van der Waals surface area contributed by atoms with Gasteiger partial charge in [-0.3, -0.25) is 0 Å². The van der Waals surface area contributed by atoms with E-state index in [0.29, 0.717) is 31.2 Å². The van der Waals surface area contributed by atoms with Crippen LogP contribution in [0.4, 0.5) is 0 Å². The van der Waals surface area contributed by atoms with Crippen molar-refractivity contribution in [1.29, 1.82) is 0 Å². The molecule has 1 aliphatic rings. The summed E-state index contributed by atoms with van der Waals surface area (Å²) < 4.78 is 32.9. The summed E-state index contributed by atoms with van der Waals surface area (Å²) in [5.41, 5.74) is 0. The van der Waals surface area contributed by atoms with Gasteiger partial charge in [0.05, 0.1) is 18.0 Å². The molecular weight excluding hydrogens is 266 g/mol. The standard InChI is InChI=1S/C13H27NO4S/c1-11(7-9-19(14,15)16)6-8-18-13-5-3-4-12(10-13)17-2/h11-13H,3-10H2,1-2H3,(H2,14,15,16). The molecule has 0 amide bonds. The van der Waals surface area contributed by atoms with Crippen LogP contribution in [-0.2, 0) is 19.5 Å². The fourth-order valence-corrected chi connectivity index (χ4v) is 3.14. The largest absolute Gasteiger partial charge is 0.381 e. The summed E-state index contributed by atoms with van der Waals surface area (Å²) >= 11 is 0. The van der Waals surface area contributed by atoms with Crippen LogP contribution in [0.25, 0.3) is 0 Å². The predicted octanol–water partition coefficient (Wildman–Crippen LogP) is 1.67. The molecule has 3 unspecified atom stereocenters. The molecule has 0 aromatic rings. The zero-order chi connectivity index (χ0) is 14.3. The van der Waals surface area contributed by atoms with Gasteiger partial charge in [0.1, 0.15) is 0 Å². The van der Waals surface area contributed by atoms with Gasteiger partial charge in [-0.1, -0.05) is 6.92 Å². The molecule has 2 N–H and O–H groups in total. The molecular formula is C13H27NO4S. The fraction of sp³-hybridized carbons (Fsp3) is 1.00. The van der Waals surface area contributed by atoms with E-state index < -0.39 is 10.0 Å². The second-order valence-corrected chi connectivity index (χ2v) is 7.30. The van der Waals surface area contributed by atoms with Gasteiger partial charge in [0.2, 0.25) is 10.0 Å². The zero-order valence-electron chi connectivity index (χ0n) is 12.0. The summed E-state index contributed by atoms with van der Waals surface area (Å²) in [6.45, 7) is 2.72. The lowest BCUT2D eigenvalue weighted by molar-refractivity contribution is -0.0322. The Morgan fingerprint density at radius 1 is 1.26 bits per heavy atom. The van der Waals surface area contributed by atoms with Crippen molar-refractivity contribution in [3.63, 3.8) is 0 Å². The number of hydrogen-bond donors (Lipinski definition) is 1. The number of rotatable bonds is 8. The first-order valence-electron chi connectivity index (χ1n) is 7.05. The highest BCUT2D eigenvalue weighted by atomic mass is 32.2. The van der Waals surface area contributed by atoms with Crippen molar-refractivity contribution < 1.29 is 17.9 Å². The molecule has 19 heavy (non-hydrogen) atoms. The molecule has 0 aromatic carbocycles. The molecule has 0 saturated heterocycles. The van der Waals surface area contributed by atoms with Crippen molar-refractivity contribution in [3.8, 4) is 0 Å². The third kappa shape index (κ3) is 7.87. The third-order valence-electron chi connectivity index (χ3n) is 3.77. The monoisotopic (exact) mass is 293 g/mol. The molecule has 1 rings (SSSR count). The van der Waals surface area contributed by atoms with Crippen molar-refractivity contribution in [2.24, 2.45) is 11.1 Å². The Labute approximate surface area is 116 Å². The summed E-state index contributed by atoms with van der Waals surface area (Å²) in [7, 11) is -1.58. The Kier molecular flexibility index (Phi) is 7.28. The third-order valence-corrected chi connectivity index (χ3v) is 4.58. The van der Waals surface area contributed by atoms with Crippen molar-refractivity contribution >= 4 is 10.0 Å². The van der Waals surface area contributed by atoms with Gasteiger partial charge in [0, 0.05) is 13.7 Å². The van der Waals surface area contributed by atoms with Gasteiger partial charge in [0.25, 0.3) is 0 Å². The molecule has 0 aromatic heterocycles. The summed E-state index contributed by atoms with van der Waals surface area (Å²) in [5.74, 6) is 0.378. The van der Waals surface area contributed by atoms with Gasteiger partial charge in [-0.05, 0) is 44.4 Å². The molecule has 3 atom stereocenters. The molecule has 0 radical (unpaired) electrons. The molecule has 1 saturated carbocycles. The number of primary sulfonamides is 1. The highest BCUT2D eigenvalue weighted by molar-refractivity contribution is 7.89. The van der Waals surface area contributed by atoms with Gasteiger partial charge in [-0.25, -0.2) is 13.6 Å². The lowest BCUT2D eigenvalue weighted by atomic mass is 9.95. The molecule has 0 aliphatic heterocycles. The maximum atomic E-state index is 10.9. The number of methoxy groups -OCH3 is 1. The molecule has 114 valence electrons. The Hall–Kier alpha value is -0.170. The Balaban J connectivity index is 2.12. The molecule has 6 heteroatoms. The van der Waals surface area contributed by atoms with E-state index >= 15 is 0 Å². The quantitative estimate of drug-likeness (QED) is 0.738. The van der Waals surface area contributed by atoms with Crippen LogP contribution in [0.2, 0.25) is 0 Å². The number of nitrogens with two attached hydrogens (primary N) is 1. The first kappa shape index (κ1) is 16.9. The van der Waals surface area contributed by atoms with Gasteiger partial charge >= 0.3 is 0 Å². The van der Waals surface area contributed by atoms with Crippen molar-refractivity contribution in [2.75, 3.05) is 19.5 Å². The second kappa shape index (κ2) is 8.19.